The summed E-state index contributed by atoms with van der Waals surface area (Å²) in [6.45, 7) is 0.446. The highest BCUT2D eigenvalue weighted by atomic mass is 16.5. The van der Waals surface area contributed by atoms with E-state index in [4.69, 9.17) is 10.5 Å². The van der Waals surface area contributed by atoms with Crippen molar-refractivity contribution in [2.45, 2.75) is 6.61 Å². The maximum absolute atomic E-state index is 12.3. The molecule has 3 rings (SSSR count). The number of hydrogen-bond donors (Lipinski definition) is 3. The van der Waals surface area contributed by atoms with Crippen molar-refractivity contribution in [3.63, 3.8) is 0 Å². The van der Waals surface area contributed by atoms with Crippen molar-refractivity contribution in [3.05, 3.63) is 90.0 Å². The summed E-state index contributed by atoms with van der Waals surface area (Å²) < 4.78 is 5.84. The number of anilines is 2. The van der Waals surface area contributed by atoms with Gasteiger partial charge in [-0.3, -0.25) is 9.59 Å². The summed E-state index contributed by atoms with van der Waals surface area (Å²) in [5, 5.41) is 5.81. The molecule has 0 saturated carbocycles. The molecule has 0 spiro atoms. The number of nitrogens with one attached hydrogen (secondary N) is 2. The lowest BCUT2D eigenvalue weighted by atomic mass is 10.2. The second-order valence-electron chi connectivity index (χ2n) is 6.12. The van der Waals surface area contributed by atoms with Crippen molar-refractivity contribution in [2.24, 2.45) is 5.73 Å². The van der Waals surface area contributed by atoms with Gasteiger partial charge < -0.3 is 21.1 Å². The van der Waals surface area contributed by atoms with Crippen molar-refractivity contribution in [3.8, 4) is 5.75 Å². The molecule has 4 N–H and O–H groups in total. The third kappa shape index (κ3) is 5.35. The minimum atomic E-state index is -0.516. The monoisotopic (exact) mass is 375 g/mol. The summed E-state index contributed by atoms with van der Waals surface area (Å²) in [6.07, 6.45) is 0. The number of benzene rings is 3. The number of primary amides is 1. The molecule has 6 heteroatoms. The van der Waals surface area contributed by atoms with E-state index in [2.05, 4.69) is 10.6 Å². The Hall–Kier alpha value is -3.80. The molecule has 142 valence electrons. The van der Waals surface area contributed by atoms with Crippen LogP contribution in [0.4, 0.5) is 11.4 Å². The van der Waals surface area contributed by atoms with Gasteiger partial charge in [0.15, 0.2) is 0 Å². The van der Waals surface area contributed by atoms with Crippen molar-refractivity contribution in [1.82, 2.24) is 0 Å². The van der Waals surface area contributed by atoms with Crippen LogP contribution in [0.1, 0.15) is 15.9 Å². The van der Waals surface area contributed by atoms with Gasteiger partial charge in [-0.2, -0.15) is 0 Å². The number of nitrogens with two attached hydrogens (primary N) is 1. The van der Waals surface area contributed by atoms with E-state index in [1.807, 2.05) is 48.5 Å². The normalized spacial score (nSPS) is 10.1. The van der Waals surface area contributed by atoms with Gasteiger partial charge in [-0.15, -0.1) is 0 Å². The number of ether oxygens (including phenoxy) is 1. The van der Waals surface area contributed by atoms with Crippen LogP contribution in [-0.2, 0) is 11.4 Å². The molecule has 3 aromatic rings. The van der Waals surface area contributed by atoms with Crippen molar-refractivity contribution in [1.29, 1.82) is 0 Å². The zero-order chi connectivity index (χ0) is 19.8. The smallest absolute Gasteiger partial charge is 0.248 e. The van der Waals surface area contributed by atoms with E-state index in [1.54, 1.807) is 30.3 Å². The molecule has 6 nitrogen and oxygen atoms in total. The average Bonchev–Trinajstić information content (AvgIpc) is 2.72. The zero-order valence-electron chi connectivity index (χ0n) is 15.2. The molecule has 28 heavy (non-hydrogen) atoms. The van der Waals surface area contributed by atoms with Crippen molar-refractivity contribution in [2.75, 3.05) is 17.2 Å². The fourth-order valence-electron chi connectivity index (χ4n) is 2.59. The summed E-state index contributed by atoms with van der Waals surface area (Å²) in [4.78, 5) is 23.5. The molecule has 3 aromatic carbocycles. The number of hydrogen-bond acceptors (Lipinski definition) is 4. The van der Waals surface area contributed by atoms with Gasteiger partial charge in [-0.05, 0) is 35.9 Å². The Morgan fingerprint density at radius 1 is 0.893 bits per heavy atom. The van der Waals surface area contributed by atoms with E-state index in [0.717, 1.165) is 5.56 Å². The Labute approximate surface area is 163 Å². The Balaban J connectivity index is 1.58. The van der Waals surface area contributed by atoms with Gasteiger partial charge in [-0.1, -0.05) is 48.5 Å². The number of carbonyl (C=O) groups excluding carboxylic acids is 2. The predicted molar refractivity (Wildman–Crippen MR) is 109 cm³/mol. The standard InChI is InChI=1S/C22H21N3O3/c23-22(27)17-9-6-10-18(13-17)24-14-21(26)25-19-11-4-5-12-20(19)28-15-16-7-2-1-3-8-16/h1-13,24H,14-15H2,(H2,23,27)(H,25,26). The zero-order valence-corrected chi connectivity index (χ0v) is 15.2. The number of amides is 2. The molecule has 0 heterocycles. The number of carbonyl (C=O) groups is 2. The fraction of sp³-hybridized carbons (Fsp3) is 0.0909. The Kier molecular flexibility index (Phi) is 6.25. The van der Waals surface area contributed by atoms with Crippen LogP contribution in [0.25, 0.3) is 0 Å². The van der Waals surface area contributed by atoms with Crippen LogP contribution in [-0.4, -0.2) is 18.4 Å². The molecule has 2 amide bonds. The third-order valence-electron chi connectivity index (χ3n) is 4.00. The first-order valence-electron chi connectivity index (χ1n) is 8.81. The lowest BCUT2D eigenvalue weighted by molar-refractivity contribution is -0.114. The number of rotatable bonds is 8. The molecular formula is C22H21N3O3. The summed E-state index contributed by atoms with van der Waals surface area (Å²) >= 11 is 0. The molecule has 0 aliphatic rings. The minimum Gasteiger partial charge on any atom is -0.487 e. The Morgan fingerprint density at radius 2 is 1.64 bits per heavy atom. The van der Waals surface area contributed by atoms with Gasteiger partial charge >= 0.3 is 0 Å². The maximum atomic E-state index is 12.3. The summed E-state index contributed by atoms with van der Waals surface area (Å²) in [5.74, 6) is -0.159. The van der Waals surface area contributed by atoms with E-state index in [-0.39, 0.29) is 12.5 Å². The first-order valence-corrected chi connectivity index (χ1v) is 8.81. The number of para-hydroxylation sites is 2. The molecule has 0 aromatic heterocycles. The summed E-state index contributed by atoms with van der Waals surface area (Å²) in [6, 6.07) is 23.8. The Bertz CT molecular complexity index is 958. The first-order chi connectivity index (χ1) is 13.6. The highest BCUT2D eigenvalue weighted by molar-refractivity contribution is 5.96. The van der Waals surface area contributed by atoms with Gasteiger partial charge in [0.05, 0.1) is 12.2 Å². The van der Waals surface area contributed by atoms with Crippen LogP contribution >= 0.6 is 0 Å². The molecule has 0 aliphatic carbocycles. The first kappa shape index (κ1) is 19.0. The van der Waals surface area contributed by atoms with Crippen LogP contribution in [0.5, 0.6) is 5.75 Å². The van der Waals surface area contributed by atoms with Gasteiger partial charge in [0, 0.05) is 11.3 Å². The molecular weight excluding hydrogens is 354 g/mol. The molecule has 0 fully saturated rings. The predicted octanol–water partition coefficient (Wildman–Crippen LogP) is 3.42. The summed E-state index contributed by atoms with van der Waals surface area (Å²) in [7, 11) is 0. The molecule has 0 atom stereocenters. The highest BCUT2D eigenvalue weighted by Gasteiger charge is 2.08. The largest absolute Gasteiger partial charge is 0.487 e. The minimum absolute atomic E-state index is 0.0369. The topological polar surface area (TPSA) is 93.5 Å². The van der Waals surface area contributed by atoms with E-state index < -0.39 is 5.91 Å². The van der Waals surface area contributed by atoms with Crippen molar-refractivity contribution >= 4 is 23.2 Å². The van der Waals surface area contributed by atoms with Crippen LogP contribution in [0.15, 0.2) is 78.9 Å². The van der Waals surface area contributed by atoms with E-state index in [1.165, 1.54) is 0 Å². The molecule has 0 radical (unpaired) electrons. The molecule has 0 saturated heterocycles. The Morgan fingerprint density at radius 3 is 2.43 bits per heavy atom. The van der Waals surface area contributed by atoms with E-state index in [0.29, 0.717) is 29.3 Å². The maximum Gasteiger partial charge on any atom is 0.248 e. The van der Waals surface area contributed by atoms with Gasteiger partial charge in [-0.25, -0.2) is 0 Å². The van der Waals surface area contributed by atoms with E-state index >= 15 is 0 Å². The lowest BCUT2D eigenvalue weighted by Crippen LogP contribution is -2.22. The SMILES string of the molecule is NC(=O)c1cccc(NCC(=O)Nc2ccccc2OCc2ccccc2)c1. The highest BCUT2D eigenvalue weighted by Crippen LogP contribution is 2.24. The summed E-state index contributed by atoms with van der Waals surface area (Å²) in [5.41, 5.74) is 7.92. The molecule has 0 bridgehead atoms. The van der Waals surface area contributed by atoms with Crippen LogP contribution < -0.4 is 21.1 Å². The second kappa shape index (κ2) is 9.23. The van der Waals surface area contributed by atoms with Crippen LogP contribution in [0.3, 0.4) is 0 Å². The second-order valence-corrected chi connectivity index (χ2v) is 6.12. The average molecular weight is 375 g/mol. The molecule has 0 aliphatic heterocycles. The fourth-order valence-corrected chi connectivity index (χ4v) is 2.59. The van der Waals surface area contributed by atoms with Gasteiger partial charge in [0.2, 0.25) is 11.8 Å². The van der Waals surface area contributed by atoms with Crippen LogP contribution in [0, 0.1) is 0 Å². The van der Waals surface area contributed by atoms with Gasteiger partial charge in [0.1, 0.15) is 12.4 Å². The third-order valence-corrected chi connectivity index (χ3v) is 4.00. The van der Waals surface area contributed by atoms with Gasteiger partial charge in [0.25, 0.3) is 0 Å². The van der Waals surface area contributed by atoms with Crippen molar-refractivity contribution < 1.29 is 14.3 Å². The van der Waals surface area contributed by atoms with Crippen LogP contribution in [0.2, 0.25) is 0 Å². The molecule has 0 unspecified atom stereocenters. The lowest BCUT2D eigenvalue weighted by Gasteiger charge is -2.13. The quantitative estimate of drug-likeness (QED) is 0.562. The van der Waals surface area contributed by atoms with E-state index in [9.17, 15) is 9.59 Å².